The van der Waals surface area contributed by atoms with E-state index < -0.39 is 0 Å². The Labute approximate surface area is 72.6 Å². The Kier molecular flexibility index (Phi) is 2.91. The third-order valence-electron chi connectivity index (χ3n) is 1.85. The lowest BCUT2D eigenvalue weighted by molar-refractivity contribution is -0.893. The minimum absolute atomic E-state index is 0.380. The molecule has 66 valence electrons. The second-order valence-electron chi connectivity index (χ2n) is 2.88. The van der Waals surface area contributed by atoms with Gasteiger partial charge in [-0.05, 0) is 19.4 Å². The Bertz CT molecular complexity index is 250. The highest BCUT2D eigenvalue weighted by molar-refractivity contribution is 5.27. The van der Waals surface area contributed by atoms with Crippen LogP contribution in [0.1, 0.15) is 20.3 Å². The van der Waals surface area contributed by atoms with Crippen LogP contribution in [0.25, 0.3) is 0 Å². The molecule has 2 N–H and O–H groups in total. The molecule has 1 aromatic heterocycles. The first-order chi connectivity index (χ1) is 5.74. The first-order valence-electron chi connectivity index (χ1n) is 4.20. The summed E-state index contributed by atoms with van der Waals surface area (Å²) >= 11 is 0. The van der Waals surface area contributed by atoms with Crippen molar-refractivity contribution in [2.75, 3.05) is 5.32 Å². The van der Waals surface area contributed by atoms with Crippen LogP contribution in [-0.2, 0) is 0 Å². The molecule has 3 nitrogen and oxygen atoms in total. The van der Waals surface area contributed by atoms with E-state index in [2.05, 4.69) is 19.2 Å². The summed E-state index contributed by atoms with van der Waals surface area (Å²) in [5, 5.41) is 12.5. The van der Waals surface area contributed by atoms with Gasteiger partial charge in [0.25, 0.3) is 0 Å². The lowest BCUT2D eigenvalue weighted by Gasteiger charge is -2.05. The monoisotopic (exact) mass is 167 g/mol. The van der Waals surface area contributed by atoms with E-state index in [1.165, 1.54) is 0 Å². The number of aromatic nitrogens is 1. The van der Waals surface area contributed by atoms with E-state index in [1.54, 1.807) is 12.3 Å². The molecule has 1 heterocycles. The zero-order chi connectivity index (χ0) is 8.97. The van der Waals surface area contributed by atoms with Crippen LogP contribution in [-0.4, -0.2) is 11.2 Å². The summed E-state index contributed by atoms with van der Waals surface area (Å²) in [6.07, 6.45) is 2.64. The molecule has 0 aliphatic heterocycles. The van der Waals surface area contributed by atoms with Gasteiger partial charge in [-0.3, -0.25) is 5.32 Å². The van der Waals surface area contributed by atoms with E-state index in [9.17, 15) is 5.21 Å². The van der Waals surface area contributed by atoms with Crippen molar-refractivity contribution in [3.63, 3.8) is 0 Å². The van der Waals surface area contributed by atoms with Gasteiger partial charge in [0.05, 0.1) is 6.04 Å². The molecule has 0 saturated heterocycles. The standard InChI is InChI=1S/C9H14N2O/c1-3-8(2)10-9-6-4-5-7-11(9)12/h4-8,12H,3H2,1-2H3/p+1. The smallest absolute Gasteiger partial charge is 0.314 e. The number of hydrogen-bond donors (Lipinski definition) is 2. The Balaban J connectivity index is 2.69. The molecule has 12 heavy (non-hydrogen) atoms. The van der Waals surface area contributed by atoms with Crippen LogP contribution in [0, 0.1) is 0 Å². The van der Waals surface area contributed by atoms with Gasteiger partial charge >= 0.3 is 5.82 Å². The molecule has 0 aliphatic carbocycles. The number of hydrogen-bond acceptors (Lipinski definition) is 2. The largest absolute Gasteiger partial charge is 0.350 e. The molecular formula is C9H15N2O+. The lowest BCUT2D eigenvalue weighted by atomic mass is 10.2. The predicted octanol–water partition coefficient (Wildman–Crippen LogP) is 1.42. The van der Waals surface area contributed by atoms with Crippen LogP contribution in [0.3, 0.4) is 0 Å². The van der Waals surface area contributed by atoms with Gasteiger partial charge in [0.15, 0.2) is 0 Å². The molecule has 0 bridgehead atoms. The minimum atomic E-state index is 0.380. The van der Waals surface area contributed by atoms with Gasteiger partial charge in [-0.2, -0.15) is 0 Å². The van der Waals surface area contributed by atoms with E-state index in [0.717, 1.165) is 17.0 Å². The average molecular weight is 167 g/mol. The van der Waals surface area contributed by atoms with E-state index in [0.29, 0.717) is 6.04 Å². The number of nitrogens with one attached hydrogen (secondary N) is 1. The number of pyridine rings is 1. The third kappa shape index (κ3) is 2.12. The molecule has 1 aromatic rings. The van der Waals surface area contributed by atoms with E-state index in [1.807, 2.05) is 12.1 Å². The molecule has 1 atom stereocenters. The Morgan fingerprint density at radius 3 is 2.92 bits per heavy atom. The molecule has 0 spiro atoms. The van der Waals surface area contributed by atoms with Crippen LogP contribution in [0.5, 0.6) is 0 Å². The molecule has 0 saturated carbocycles. The maximum atomic E-state index is 9.31. The second kappa shape index (κ2) is 3.95. The van der Waals surface area contributed by atoms with Crippen molar-refractivity contribution >= 4 is 5.82 Å². The third-order valence-corrected chi connectivity index (χ3v) is 1.85. The van der Waals surface area contributed by atoms with Crippen LogP contribution < -0.4 is 10.0 Å². The zero-order valence-electron chi connectivity index (χ0n) is 7.49. The normalized spacial score (nSPS) is 12.5. The summed E-state index contributed by atoms with van der Waals surface area (Å²) in [5.74, 6) is 0.729. The molecular weight excluding hydrogens is 152 g/mol. The molecule has 0 aromatic carbocycles. The number of nitrogens with zero attached hydrogens (tertiary/aromatic N) is 1. The maximum absolute atomic E-state index is 9.31. The SMILES string of the molecule is CCC(C)Nc1cccc[n+]1O. The summed E-state index contributed by atoms with van der Waals surface area (Å²) in [6.45, 7) is 4.18. The fourth-order valence-corrected chi connectivity index (χ4v) is 0.903. The topological polar surface area (TPSA) is 36.1 Å². The van der Waals surface area contributed by atoms with Gasteiger partial charge in [0, 0.05) is 6.07 Å². The van der Waals surface area contributed by atoms with E-state index >= 15 is 0 Å². The lowest BCUT2D eigenvalue weighted by Crippen LogP contribution is -2.35. The molecule has 1 rings (SSSR count). The molecule has 0 amide bonds. The molecule has 0 radical (unpaired) electrons. The van der Waals surface area contributed by atoms with E-state index in [4.69, 9.17) is 0 Å². The second-order valence-corrected chi connectivity index (χ2v) is 2.88. The Morgan fingerprint density at radius 1 is 1.58 bits per heavy atom. The maximum Gasteiger partial charge on any atom is 0.314 e. The quantitative estimate of drug-likeness (QED) is 0.527. The Hall–Kier alpha value is -1.25. The van der Waals surface area contributed by atoms with Crippen molar-refractivity contribution < 1.29 is 9.94 Å². The van der Waals surface area contributed by atoms with Crippen molar-refractivity contribution in [2.45, 2.75) is 26.3 Å². The zero-order valence-corrected chi connectivity index (χ0v) is 7.49. The van der Waals surface area contributed by atoms with Gasteiger partial charge in [-0.1, -0.05) is 17.7 Å². The van der Waals surface area contributed by atoms with Crippen molar-refractivity contribution in [2.24, 2.45) is 0 Å². The highest BCUT2D eigenvalue weighted by Gasteiger charge is 2.09. The first kappa shape index (κ1) is 8.84. The first-order valence-corrected chi connectivity index (χ1v) is 4.20. The number of anilines is 1. The van der Waals surface area contributed by atoms with Crippen LogP contribution in [0.2, 0.25) is 0 Å². The van der Waals surface area contributed by atoms with Crippen molar-refractivity contribution in [1.29, 1.82) is 0 Å². The van der Waals surface area contributed by atoms with Gasteiger partial charge < -0.3 is 5.21 Å². The van der Waals surface area contributed by atoms with Gasteiger partial charge in [-0.25, -0.2) is 0 Å². The fourth-order valence-electron chi connectivity index (χ4n) is 0.903. The Morgan fingerprint density at radius 2 is 2.33 bits per heavy atom. The summed E-state index contributed by atoms with van der Waals surface area (Å²) < 4.78 is 1.09. The summed E-state index contributed by atoms with van der Waals surface area (Å²) in [4.78, 5) is 0. The fraction of sp³-hybridized carbons (Fsp3) is 0.444. The number of rotatable bonds is 3. The molecule has 0 fully saturated rings. The van der Waals surface area contributed by atoms with Crippen molar-refractivity contribution in [3.05, 3.63) is 24.4 Å². The van der Waals surface area contributed by atoms with Crippen LogP contribution in [0.4, 0.5) is 5.82 Å². The van der Waals surface area contributed by atoms with Gasteiger partial charge in [0.1, 0.15) is 6.20 Å². The molecule has 1 unspecified atom stereocenters. The van der Waals surface area contributed by atoms with Crippen LogP contribution >= 0.6 is 0 Å². The van der Waals surface area contributed by atoms with Gasteiger partial charge in [0.2, 0.25) is 0 Å². The summed E-state index contributed by atoms with van der Waals surface area (Å²) in [5.41, 5.74) is 0. The highest BCUT2D eigenvalue weighted by atomic mass is 16.5. The minimum Gasteiger partial charge on any atom is -0.350 e. The van der Waals surface area contributed by atoms with Crippen molar-refractivity contribution in [1.82, 2.24) is 0 Å². The summed E-state index contributed by atoms with van der Waals surface area (Å²) in [6, 6.07) is 5.89. The highest BCUT2D eigenvalue weighted by Crippen LogP contribution is 2.01. The molecule has 0 aliphatic rings. The van der Waals surface area contributed by atoms with Crippen LogP contribution in [0.15, 0.2) is 24.4 Å². The summed E-state index contributed by atoms with van der Waals surface area (Å²) in [7, 11) is 0. The molecule has 3 heteroatoms. The average Bonchev–Trinajstić information content (AvgIpc) is 2.09. The van der Waals surface area contributed by atoms with E-state index in [-0.39, 0.29) is 0 Å². The van der Waals surface area contributed by atoms with Crippen molar-refractivity contribution in [3.8, 4) is 0 Å². The predicted molar refractivity (Wildman–Crippen MR) is 47.2 cm³/mol. The van der Waals surface area contributed by atoms with Gasteiger partial charge in [-0.15, -0.1) is 0 Å².